The minimum absolute atomic E-state index is 0.0319. The van der Waals surface area contributed by atoms with E-state index in [0.717, 1.165) is 24.3 Å². The van der Waals surface area contributed by atoms with Crippen LogP contribution in [0.5, 0.6) is 0 Å². The molecule has 1 saturated heterocycles. The van der Waals surface area contributed by atoms with Crippen LogP contribution in [0.25, 0.3) is 0 Å². The van der Waals surface area contributed by atoms with Crippen molar-refractivity contribution < 1.29 is 9.63 Å². The summed E-state index contributed by atoms with van der Waals surface area (Å²) in [7, 11) is 0. The summed E-state index contributed by atoms with van der Waals surface area (Å²) in [6, 6.07) is 0. The van der Waals surface area contributed by atoms with Gasteiger partial charge < -0.3 is 0 Å². The Morgan fingerprint density at radius 3 is 2.92 bits per heavy atom. The molecular weight excluding hydrogens is 186 g/mol. The lowest BCUT2D eigenvalue weighted by atomic mass is 10.0. The maximum absolute atomic E-state index is 11.4. The van der Waals surface area contributed by atoms with Crippen molar-refractivity contribution in [2.45, 2.75) is 12.8 Å². The molecule has 0 aromatic carbocycles. The van der Waals surface area contributed by atoms with Gasteiger partial charge in [0.15, 0.2) is 0 Å². The van der Waals surface area contributed by atoms with E-state index >= 15 is 0 Å². The zero-order valence-corrected chi connectivity index (χ0v) is 8.23. The Kier molecular flexibility index (Phi) is 4.73. The van der Waals surface area contributed by atoms with Crippen molar-refractivity contribution in [2.24, 2.45) is 5.92 Å². The fourth-order valence-electron chi connectivity index (χ4n) is 1.19. The van der Waals surface area contributed by atoms with Crippen LogP contribution in [0.1, 0.15) is 12.8 Å². The van der Waals surface area contributed by atoms with Gasteiger partial charge in [-0.3, -0.25) is 9.63 Å². The van der Waals surface area contributed by atoms with E-state index in [1.807, 2.05) is 11.8 Å². The third-order valence-electron chi connectivity index (χ3n) is 1.92. The van der Waals surface area contributed by atoms with Gasteiger partial charge in [-0.15, -0.1) is 6.42 Å². The molecule has 1 aliphatic rings. The number of carbonyl (C=O) groups excluding carboxylic acids is 1. The summed E-state index contributed by atoms with van der Waals surface area (Å²) in [5.41, 5.74) is 2.36. The molecule has 72 valence electrons. The molecule has 1 aliphatic heterocycles. The smallest absolute Gasteiger partial charge is 0.246 e. The SMILES string of the molecule is C#CCONC(=O)C1CCSCC1. The molecule has 0 spiro atoms. The highest BCUT2D eigenvalue weighted by Gasteiger charge is 2.20. The summed E-state index contributed by atoms with van der Waals surface area (Å²) < 4.78 is 0. The predicted molar refractivity (Wildman–Crippen MR) is 53.0 cm³/mol. The summed E-state index contributed by atoms with van der Waals surface area (Å²) in [6.45, 7) is 0.132. The molecule has 0 aliphatic carbocycles. The Morgan fingerprint density at radius 1 is 1.62 bits per heavy atom. The van der Waals surface area contributed by atoms with E-state index in [0.29, 0.717) is 0 Å². The molecule has 0 aromatic rings. The first-order valence-electron chi connectivity index (χ1n) is 4.27. The average Bonchev–Trinajstić information content (AvgIpc) is 2.19. The van der Waals surface area contributed by atoms with E-state index in [-0.39, 0.29) is 18.4 Å². The van der Waals surface area contributed by atoms with Crippen LogP contribution in [0.2, 0.25) is 0 Å². The third kappa shape index (κ3) is 3.71. The minimum atomic E-state index is -0.0319. The van der Waals surface area contributed by atoms with E-state index in [1.54, 1.807) is 0 Å². The Hall–Kier alpha value is -0.660. The first-order chi connectivity index (χ1) is 6.34. The molecule has 0 aromatic heterocycles. The minimum Gasteiger partial charge on any atom is -0.272 e. The molecule has 0 radical (unpaired) electrons. The quantitative estimate of drug-likeness (QED) is 0.415. The van der Waals surface area contributed by atoms with Gasteiger partial charge in [0.05, 0.1) is 0 Å². The molecule has 1 amide bonds. The predicted octanol–water partition coefficient (Wildman–Crippen LogP) is 0.811. The second-order valence-corrected chi connectivity index (χ2v) is 4.07. The van der Waals surface area contributed by atoms with Gasteiger partial charge in [0, 0.05) is 5.92 Å². The molecule has 0 atom stereocenters. The van der Waals surface area contributed by atoms with E-state index in [2.05, 4.69) is 11.4 Å². The van der Waals surface area contributed by atoms with Crippen LogP contribution in [0.4, 0.5) is 0 Å². The van der Waals surface area contributed by atoms with Gasteiger partial charge >= 0.3 is 0 Å². The van der Waals surface area contributed by atoms with Crippen molar-refractivity contribution in [3.8, 4) is 12.3 Å². The van der Waals surface area contributed by atoms with Crippen LogP contribution in [-0.4, -0.2) is 24.0 Å². The van der Waals surface area contributed by atoms with E-state index in [1.165, 1.54) is 0 Å². The highest BCUT2D eigenvalue weighted by molar-refractivity contribution is 7.99. The number of terminal acetylenes is 1. The zero-order valence-electron chi connectivity index (χ0n) is 7.41. The Bertz CT molecular complexity index is 206. The maximum atomic E-state index is 11.4. The number of rotatable bonds is 3. The number of thioether (sulfide) groups is 1. The summed E-state index contributed by atoms with van der Waals surface area (Å²) >= 11 is 1.89. The molecule has 0 bridgehead atoms. The van der Waals surface area contributed by atoms with E-state index < -0.39 is 0 Å². The highest BCUT2D eigenvalue weighted by atomic mass is 32.2. The van der Waals surface area contributed by atoms with Crippen LogP contribution < -0.4 is 5.48 Å². The van der Waals surface area contributed by atoms with E-state index in [4.69, 9.17) is 11.3 Å². The lowest BCUT2D eigenvalue weighted by Crippen LogP contribution is -2.33. The van der Waals surface area contributed by atoms with Crippen LogP contribution in [0.15, 0.2) is 0 Å². The summed E-state index contributed by atoms with van der Waals surface area (Å²) in [5, 5.41) is 0. The van der Waals surface area contributed by atoms with Gasteiger partial charge in [-0.1, -0.05) is 5.92 Å². The van der Waals surface area contributed by atoms with Crippen molar-refractivity contribution in [2.75, 3.05) is 18.1 Å². The standard InChI is InChI=1S/C9H13NO2S/c1-2-5-12-10-9(11)8-3-6-13-7-4-8/h1,8H,3-7H2,(H,10,11). The second kappa shape index (κ2) is 5.90. The Labute approximate surface area is 82.6 Å². The molecule has 1 rings (SSSR count). The van der Waals surface area contributed by atoms with Gasteiger partial charge in [0.25, 0.3) is 0 Å². The fraction of sp³-hybridized carbons (Fsp3) is 0.667. The number of hydrogen-bond acceptors (Lipinski definition) is 3. The number of hydroxylamine groups is 1. The molecule has 3 nitrogen and oxygen atoms in total. The van der Waals surface area contributed by atoms with Gasteiger partial charge in [0.2, 0.25) is 5.91 Å². The number of nitrogens with one attached hydrogen (secondary N) is 1. The lowest BCUT2D eigenvalue weighted by Gasteiger charge is -2.19. The van der Waals surface area contributed by atoms with Crippen molar-refractivity contribution in [1.29, 1.82) is 0 Å². The van der Waals surface area contributed by atoms with Crippen molar-refractivity contribution >= 4 is 17.7 Å². The van der Waals surface area contributed by atoms with E-state index in [9.17, 15) is 4.79 Å². The maximum Gasteiger partial charge on any atom is 0.246 e. The molecule has 0 saturated carbocycles. The second-order valence-electron chi connectivity index (χ2n) is 2.85. The number of amides is 1. The topological polar surface area (TPSA) is 38.3 Å². The van der Waals surface area contributed by atoms with Gasteiger partial charge in [-0.2, -0.15) is 11.8 Å². The summed E-state index contributed by atoms with van der Waals surface area (Å²) in [4.78, 5) is 16.1. The largest absolute Gasteiger partial charge is 0.272 e. The normalized spacial score (nSPS) is 17.8. The molecule has 1 fully saturated rings. The first-order valence-corrected chi connectivity index (χ1v) is 5.43. The zero-order chi connectivity index (χ0) is 9.52. The summed E-state index contributed by atoms with van der Waals surface area (Å²) in [6.07, 6.45) is 6.84. The molecule has 13 heavy (non-hydrogen) atoms. The lowest BCUT2D eigenvalue weighted by molar-refractivity contribution is -0.136. The molecule has 0 unspecified atom stereocenters. The monoisotopic (exact) mass is 199 g/mol. The van der Waals surface area contributed by atoms with Crippen molar-refractivity contribution in [3.05, 3.63) is 0 Å². The first kappa shape index (κ1) is 10.4. The van der Waals surface area contributed by atoms with Crippen LogP contribution in [-0.2, 0) is 9.63 Å². The third-order valence-corrected chi connectivity index (χ3v) is 2.97. The molecule has 1 heterocycles. The Balaban J connectivity index is 2.18. The average molecular weight is 199 g/mol. The molecule has 1 N–H and O–H groups in total. The van der Waals surface area contributed by atoms with Crippen LogP contribution in [0.3, 0.4) is 0 Å². The number of hydrogen-bond donors (Lipinski definition) is 1. The van der Waals surface area contributed by atoms with Crippen molar-refractivity contribution in [1.82, 2.24) is 5.48 Å². The fourth-order valence-corrected chi connectivity index (χ4v) is 2.30. The van der Waals surface area contributed by atoms with Crippen LogP contribution in [0, 0.1) is 18.3 Å². The summed E-state index contributed by atoms with van der Waals surface area (Å²) in [5.74, 6) is 4.49. The van der Waals surface area contributed by atoms with Gasteiger partial charge in [-0.25, -0.2) is 5.48 Å². The van der Waals surface area contributed by atoms with Crippen LogP contribution >= 0.6 is 11.8 Å². The van der Waals surface area contributed by atoms with Gasteiger partial charge in [0.1, 0.15) is 6.61 Å². The van der Waals surface area contributed by atoms with Gasteiger partial charge in [-0.05, 0) is 24.3 Å². The highest BCUT2D eigenvalue weighted by Crippen LogP contribution is 2.22. The Morgan fingerprint density at radius 2 is 2.31 bits per heavy atom. The number of carbonyl (C=O) groups is 1. The van der Waals surface area contributed by atoms with Crippen molar-refractivity contribution in [3.63, 3.8) is 0 Å². The molecule has 4 heteroatoms. The molecular formula is C9H13NO2S.